The molecule has 182 valence electrons. The van der Waals surface area contributed by atoms with Crippen molar-refractivity contribution in [2.75, 3.05) is 31.5 Å². The Morgan fingerprint density at radius 3 is 2.32 bits per heavy atom. The molecule has 0 radical (unpaired) electrons. The molecule has 1 saturated carbocycles. The number of amides is 1. The molecule has 3 aliphatic rings. The number of pyridine rings is 2. The number of aliphatic imine (C=N–C) groups is 1. The van der Waals surface area contributed by atoms with Gasteiger partial charge in [-0.3, -0.25) is 14.9 Å². The molecule has 5 rings (SSSR count). The summed E-state index contributed by atoms with van der Waals surface area (Å²) in [4.78, 5) is 30.5. The van der Waals surface area contributed by atoms with Gasteiger partial charge in [-0.1, -0.05) is 13.8 Å². The quantitative estimate of drug-likeness (QED) is 0.702. The summed E-state index contributed by atoms with van der Waals surface area (Å²) in [6.45, 7) is 12.4. The predicted octanol–water partition coefficient (Wildman–Crippen LogP) is 4.80. The Hall–Kier alpha value is -3.00. The van der Waals surface area contributed by atoms with Gasteiger partial charge in [0.15, 0.2) is 0 Å². The summed E-state index contributed by atoms with van der Waals surface area (Å²) in [6, 6.07) is 3.93. The second-order valence-electron chi connectivity index (χ2n) is 9.68. The second kappa shape index (κ2) is 10.1. The van der Waals surface area contributed by atoms with Gasteiger partial charge in [0.1, 0.15) is 17.6 Å². The highest BCUT2D eigenvalue weighted by molar-refractivity contribution is 6.09. The van der Waals surface area contributed by atoms with Gasteiger partial charge >= 0.3 is 6.09 Å². The lowest BCUT2D eigenvalue weighted by Crippen LogP contribution is -2.51. The topological polar surface area (TPSA) is 83.0 Å². The first kappa shape index (κ1) is 24.1. The van der Waals surface area contributed by atoms with Crippen LogP contribution in [-0.4, -0.2) is 63.5 Å². The van der Waals surface area contributed by atoms with Gasteiger partial charge in [-0.15, -0.1) is 0 Å². The number of carbonyl (C=O) groups excluding carboxylic acids is 1. The number of aromatic nitrogens is 2. The summed E-state index contributed by atoms with van der Waals surface area (Å²) in [5, 5.41) is 3.51. The molecule has 2 fully saturated rings. The van der Waals surface area contributed by atoms with Crippen LogP contribution in [0.25, 0.3) is 0 Å². The number of fused-ring (bicyclic) bond motifs is 1. The Morgan fingerprint density at radius 1 is 1.03 bits per heavy atom. The molecule has 1 N–H and O–H groups in total. The van der Waals surface area contributed by atoms with Crippen molar-refractivity contribution in [3.63, 3.8) is 0 Å². The maximum absolute atomic E-state index is 12.5. The van der Waals surface area contributed by atoms with Gasteiger partial charge in [-0.05, 0) is 57.2 Å². The fourth-order valence-electron chi connectivity index (χ4n) is 4.34. The van der Waals surface area contributed by atoms with Crippen molar-refractivity contribution in [3.05, 3.63) is 53.6 Å². The van der Waals surface area contributed by atoms with E-state index < -0.39 is 5.60 Å². The molecule has 1 unspecified atom stereocenters. The van der Waals surface area contributed by atoms with Crippen LogP contribution in [0, 0.1) is 0 Å². The molecule has 1 aliphatic carbocycles. The molecular weight excluding hydrogens is 428 g/mol. The number of hydrogen-bond acceptors (Lipinski definition) is 7. The number of carbonyl (C=O) groups is 1. The number of amidine groups is 1. The number of hydrogen-bond donors (Lipinski definition) is 1. The predicted molar refractivity (Wildman–Crippen MR) is 134 cm³/mol. The summed E-state index contributed by atoms with van der Waals surface area (Å²) in [5.41, 5.74) is 4.06. The van der Waals surface area contributed by atoms with E-state index in [1.807, 2.05) is 59.1 Å². The Bertz CT molecular complexity index is 1020. The summed E-state index contributed by atoms with van der Waals surface area (Å²) >= 11 is 0. The zero-order chi connectivity index (χ0) is 24.3. The lowest BCUT2D eigenvalue weighted by molar-refractivity contribution is 0.0105. The van der Waals surface area contributed by atoms with Crippen LogP contribution in [0.15, 0.2) is 41.9 Å². The highest BCUT2D eigenvalue weighted by Gasteiger charge is 2.37. The highest BCUT2D eigenvalue weighted by Crippen LogP contribution is 2.47. The normalized spacial score (nSPS) is 20.3. The summed E-state index contributed by atoms with van der Waals surface area (Å²) in [7, 11) is 0. The van der Waals surface area contributed by atoms with Crippen LogP contribution in [0.4, 0.5) is 10.5 Å². The van der Waals surface area contributed by atoms with E-state index in [2.05, 4.69) is 20.2 Å². The Kier molecular flexibility index (Phi) is 7.16. The SMILES string of the molecule is CC.CC(C)(C)OC(=O)N1CCN(C2N=C(c3ccncc3)Nc3cncc(C4CC4)c32)CC1. The van der Waals surface area contributed by atoms with Gasteiger partial charge in [0, 0.05) is 55.9 Å². The Morgan fingerprint density at radius 2 is 1.71 bits per heavy atom. The first-order chi connectivity index (χ1) is 16.4. The second-order valence-corrected chi connectivity index (χ2v) is 9.68. The molecule has 0 aromatic carbocycles. The minimum absolute atomic E-state index is 0.103. The number of nitrogens with one attached hydrogen (secondary N) is 1. The lowest BCUT2D eigenvalue weighted by atomic mass is 9.98. The van der Waals surface area contributed by atoms with Crippen molar-refractivity contribution < 1.29 is 9.53 Å². The maximum atomic E-state index is 12.5. The first-order valence-electron chi connectivity index (χ1n) is 12.3. The van der Waals surface area contributed by atoms with Crippen LogP contribution in [0.5, 0.6) is 0 Å². The fraction of sp³-hybridized carbons (Fsp3) is 0.538. The number of anilines is 1. The monoisotopic (exact) mass is 464 g/mol. The van der Waals surface area contributed by atoms with Crippen LogP contribution in [-0.2, 0) is 4.74 Å². The van der Waals surface area contributed by atoms with Crippen LogP contribution in [0.2, 0.25) is 0 Å². The molecular formula is C26H36N6O2. The zero-order valence-electron chi connectivity index (χ0n) is 20.9. The van der Waals surface area contributed by atoms with Crippen LogP contribution in [0.3, 0.4) is 0 Å². The molecule has 1 atom stereocenters. The first-order valence-corrected chi connectivity index (χ1v) is 12.3. The molecule has 1 amide bonds. The molecule has 8 nitrogen and oxygen atoms in total. The minimum Gasteiger partial charge on any atom is -0.444 e. The van der Waals surface area contributed by atoms with E-state index in [1.165, 1.54) is 24.0 Å². The average molecular weight is 465 g/mol. The smallest absolute Gasteiger partial charge is 0.410 e. The average Bonchev–Trinajstić information content (AvgIpc) is 3.69. The summed E-state index contributed by atoms with van der Waals surface area (Å²) in [6.07, 6.45) is 9.54. The fourth-order valence-corrected chi connectivity index (χ4v) is 4.34. The van der Waals surface area contributed by atoms with E-state index in [0.29, 0.717) is 19.0 Å². The van der Waals surface area contributed by atoms with Gasteiger partial charge < -0.3 is 15.0 Å². The zero-order valence-corrected chi connectivity index (χ0v) is 20.9. The van der Waals surface area contributed by atoms with E-state index >= 15 is 0 Å². The van der Waals surface area contributed by atoms with Crippen molar-refractivity contribution in [1.82, 2.24) is 19.8 Å². The van der Waals surface area contributed by atoms with Crippen LogP contribution < -0.4 is 5.32 Å². The van der Waals surface area contributed by atoms with E-state index in [4.69, 9.17) is 9.73 Å². The highest BCUT2D eigenvalue weighted by atomic mass is 16.6. The van der Waals surface area contributed by atoms with Crippen molar-refractivity contribution in [3.8, 4) is 0 Å². The Balaban J connectivity index is 0.00000133. The van der Waals surface area contributed by atoms with Crippen LogP contribution >= 0.6 is 0 Å². The number of piperazine rings is 1. The molecule has 1 saturated heterocycles. The van der Waals surface area contributed by atoms with E-state index in [0.717, 1.165) is 30.2 Å². The van der Waals surface area contributed by atoms with Gasteiger partial charge in [0.25, 0.3) is 0 Å². The summed E-state index contributed by atoms with van der Waals surface area (Å²) < 4.78 is 5.56. The number of nitrogens with zero attached hydrogens (tertiary/aromatic N) is 5. The molecule has 2 aliphatic heterocycles. The number of rotatable bonds is 3. The van der Waals surface area contributed by atoms with Crippen LogP contribution in [0.1, 0.15) is 76.2 Å². The molecule has 8 heteroatoms. The lowest BCUT2D eigenvalue weighted by Gasteiger charge is -2.40. The van der Waals surface area contributed by atoms with Gasteiger partial charge in [0.2, 0.25) is 0 Å². The molecule has 2 aromatic heterocycles. The standard InChI is InChI=1S/C24H30N6O2.C2H6/c1-24(2,3)32-23(31)30-12-10-29(11-13-30)22-20-18(16-4-5-16)14-26-15-19(20)27-21(28-22)17-6-8-25-9-7-17;1-2/h6-9,14-16,22H,4-5,10-13H2,1-3H3,(H,27,28);1-2H3. The van der Waals surface area contributed by atoms with Crippen molar-refractivity contribution >= 4 is 17.6 Å². The largest absolute Gasteiger partial charge is 0.444 e. The minimum atomic E-state index is -0.488. The van der Waals surface area contributed by atoms with E-state index in [9.17, 15) is 4.79 Å². The maximum Gasteiger partial charge on any atom is 0.410 e. The van der Waals surface area contributed by atoms with Crippen molar-refractivity contribution in [2.24, 2.45) is 4.99 Å². The Labute approximate surface area is 202 Å². The van der Waals surface area contributed by atoms with Crippen molar-refractivity contribution in [2.45, 2.75) is 65.1 Å². The van der Waals surface area contributed by atoms with Gasteiger partial charge in [-0.25, -0.2) is 9.79 Å². The van der Waals surface area contributed by atoms with Gasteiger partial charge in [0.05, 0.1) is 11.9 Å². The molecule has 2 aromatic rings. The van der Waals surface area contributed by atoms with E-state index in [1.54, 1.807) is 17.3 Å². The molecule has 34 heavy (non-hydrogen) atoms. The third-order valence-electron chi connectivity index (χ3n) is 6.06. The third-order valence-corrected chi connectivity index (χ3v) is 6.06. The molecule has 4 heterocycles. The van der Waals surface area contributed by atoms with Gasteiger partial charge in [-0.2, -0.15) is 0 Å². The molecule has 0 bridgehead atoms. The number of ether oxygens (including phenoxy) is 1. The summed E-state index contributed by atoms with van der Waals surface area (Å²) in [5.74, 6) is 1.40. The third kappa shape index (κ3) is 5.38. The molecule has 0 spiro atoms. The van der Waals surface area contributed by atoms with E-state index in [-0.39, 0.29) is 12.3 Å². The van der Waals surface area contributed by atoms with Crippen molar-refractivity contribution in [1.29, 1.82) is 0 Å².